The molecule has 0 aliphatic rings. The number of hydrogen-bond acceptors (Lipinski definition) is 4. The zero-order chi connectivity index (χ0) is 23.5. The lowest BCUT2D eigenvalue weighted by atomic mass is 9.88. The minimum Gasteiger partial charge on any atom is -0.478 e. The summed E-state index contributed by atoms with van der Waals surface area (Å²) in [6, 6.07) is 4.09. The number of ketones is 1. The van der Waals surface area contributed by atoms with Gasteiger partial charge in [-0.05, 0) is 37.1 Å². The van der Waals surface area contributed by atoms with Gasteiger partial charge in [-0.2, -0.15) is 13.2 Å². The molecule has 0 aliphatic carbocycles. The number of Topliss-reactive ketones (excluding diaryl/α,β-unsaturated/α-hetero) is 1. The van der Waals surface area contributed by atoms with Crippen molar-refractivity contribution in [3.63, 3.8) is 0 Å². The van der Waals surface area contributed by atoms with Crippen LogP contribution >= 0.6 is 0 Å². The molecule has 1 atom stereocenters. The normalized spacial score (nSPS) is 12.5. The summed E-state index contributed by atoms with van der Waals surface area (Å²) in [4.78, 5) is 48.0. The molecule has 1 unspecified atom stereocenters. The Morgan fingerprint density at radius 2 is 1.32 bits per heavy atom. The third-order valence-corrected chi connectivity index (χ3v) is 5.01. The van der Waals surface area contributed by atoms with Gasteiger partial charge >= 0.3 is 18.1 Å². The Labute approximate surface area is 174 Å². The lowest BCUT2D eigenvalue weighted by Crippen LogP contribution is -2.23. The number of aromatic carboxylic acids is 2. The molecule has 0 bridgehead atoms. The van der Waals surface area contributed by atoms with Gasteiger partial charge in [0.15, 0.2) is 5.78 Å². The maximum atomic E-state index is 13.2. The van der Waals surface area contributed by atoms with Crippen LogP contribution in [-0.2, 0) is 0 Å². The Balaban J connectivity index is 2.68. The van der Waals surface area contributed by atoms with Crippen LogP contribution in [0, 0.1) is 5.92 Å². The molecule has 1 amide bonds. The standard InChI is InChI=1S/C21H20F3NO6/c1-2-3-10(21(22,23)24)4-9-15(26)11-5-7-14(20(30)31)17-12(18(25)27)6-8-13(16(11)17)19(28)29/h5-8,10H,2-4,9H2,1H3,(H2,25,27)(H,28,29)(H,30,31). The molecule has 0 saturated heterocycles. The van der Waals surface area contributed by atoms with E-state index >= 15 is 0 Å². The summed E-state index contributed by atoms with van der Waals surface area (Å²) in [5.74, 6) is -6.54. The van der Waals surface area contributed by atoms with Gasteiger partial charge in [0.2, 0.25) is 5.91 Å². The highest BCUT2D eigenvalue weighted by atomic mass is 19.4. The summed E-state index contributed by atoms with van der Waals surface area (Å²) in [7, 11) is 0. The summed E-state index contributed by atoms with van der Waals surface area (Å²) in [5, 5.41) is 18.3. The molecule has 0 saturated carbocycles. The number of alkyl halides is 3. The van der Waals surface area contributed by atoms with E-state index in [2.05, 4.69) is 0 Å². The number of fused-ring (bicyclic) bond motifs is 1. The molecular weight excluding hydrogens is 419 g/mol. The van der Waals surface area contributed by atoms with Crippen LogP contribution in [0.1, 0.15) is 74.0 Å². The maximum Gasteiger partial charge on any atom is 0.391 e. The predicted octanol–water partition coefficient (Wildman–Crippen LogP) is 4.28. The number of carboxylic acid groups (broad SMARTS) is 2. The van der Waals surface area contributed by atoms with Gasteiger partial charge < -0.3 is 15.9 Å². The lowest BCUT2D eigenvalue weighted by Gasteiger charge is -2.19. The molecule has 10 heteroatoms. The number of nitrogens with two attached hydrogens (primary N) is 1. The number of hydrogen-bond donors (Lipinski definition) is 3. The molecule has 0 heterocycles. The number of carbonyl (C=O) groups is 4. The molecule has 0 aliphatic heterocycles. The minimum absolute atomic E-state index is 0.165. The number of rotatable bonds is 9. The van der Waals surface area contributed by atoms with Crippen LogP contribution < -0.4 is 5.73 Å². The van der Waals surface area contributed by atoms with Crippen LogP contribution in [0.4, 0.5) is 13.2 Å². The molecule has 4 N–H and O–H groups in total. The summed E-state index contributed by atoms with van der Waals surface area (Å²) in [6.45, 7) is 1.59. The van der Waals surface area contributed by atoms with Crippen molar-refractivity contribution in [2.45, 2.75) is 38.8 Å². The van der Waals surface area contributed by atoms with Crippen LogP contribution in [0.5, 0.6) is 0 Å². The van der Waals surface area contributed by atoms with Crippen molar-refractivity contribution in [1.82, 2.24) is 0 Å². The first-order chi connectivity index (χ1) is 14.4. The van der Waals surface area contributed by atoms with Crippen molar-refractivity contribution in [2.24, 2.45) is 11.7 Å². The largest absolute Gasteiger partial charge is 0.478 e. The molecule has 2 aromatic carbocycles. The van der Waals surface area contributed by atoms with E-state index in [4.69, 9.17) is 5.73 Å². The van der Waals surface area contributed by atoms with Crippen LogP contribution in [-0.4, -0.2) is 40.0 Å². The second kappa shape index (κ2) is 9.15. The van der Waals surface area contributed by atoms with Crippen molar-refractivity contribution in [3.05, 3.63) is 46.5 Å². The Kier molecular flexibility index (Phi) is 7.04. The summed E-state index contributed by atoms with van der Waals surface area (Å²) in [5.41, 5.74) is 3.78. The molecule has 2 aromatic rings. The van der Waals surface area contributed by atoms with Crippen LogP contribution in [0.25, 0.3) is 10.8 Å². The molecule has 166 valence electrons. The highest BCUT2D eigenvalue weighted by Gasteiger charge is 2.38. The number of benzene rings is 2. The fourth-order valence-corrected chi connectivity index (χ4v) is 3.55. The highest BCUT2D eigenvalue weighted by molar-refractivity contribution is 6.23. The molecule has 31 heavy (non-hydrogen) atoms. The Morgan fingerprint density at radius 3 is 1.74 bits per heavy atom. The molecule has 7 nitrogen and oxygen atoms in total. The van der Waals surface area contributed by atoms with Crippen molar-refractivity contribution < 1.29 is 42.6 Å². The molecule has 0 fully saturated rings. The van der Waals surface area contributed by atoms with E-state index in [1.165, 1.54) is 0 Å². The van der Waals surface area contributed by atoms with E-state index in [0.29, 0.717) is 0 Å². The average molecular weight is 439 g/mol. The van der Waals surface area contributed by atoms with E-state index in [1.807, 2.05) is 0 Å². The minimum atomic E-state index is -4.49. The smallest absolute Gasteiger partial charge is 0.391 e. The first kappa shape index (κ1) is 23.8. The Hall–Kier alpha value is -3.43. The van der Waals surface area contributed by atoms with E-state index in [-0.39, 0.29) is 34.7 Å². The van der Waals surface area contributed by atoms with E-state index in [9.17, 15) is 42.6 Å². The van der Waals surface area contributed by atoms with Gasteiger partial charge in [-0.1, -0.05) is 13.3 Å². The van der Waals surface area contributed by atoms with Crippen LogP contribution in [0.15, 0.2) is 24.3 Å². The Bertz CT molecular complexity index is 1040. The molecule has 2 rings (SSSR count). The second-order valence-corrected chi connectivity index (χ2v) is 7.03. The second-order valence-electron chi connectivity index (χ2n) is 7.03. The number of carboxylic acids is 2. The molecular formula is C21H20F3NO6. The molecule has 0 spiro atoms. The van der Waals surface area contributed by atoms with E-state index in [1.54, 1.807) is 6.92 Å². The zero-order valence-electron chi connectivity index (χ0n) is 16.5. The first-order valence-electron chi connectivity index (χ1n) is 9.36. The highest BCUT2D eigenvalue weighted by Crippen LogP contribution is 2.35. The number of halogens is 3. The fraction of sp³-hybridized carbons (Fsp3) is 0.333. The zero-order valence-corrected chi connectivity index (χ0v) is 16.5. The SMILES string of the molecule is CCCC(CCC(=O)c1ccc(C(=O)O)c2c(C(N)=O)ccc(C(=O)O)c12)C(F)(F)F. The maximum absolute atomic E-state index is 13.2. The molecule has 0 radical (unpaired) electrons. The van der Waals surface area contributed by atoms with Gasteiger partial charge in [0, 0.05) is 28.3 Å². The van der Waals surface area contributed by atoms with Crippen LogP contribution in [0.2, 0.25) is 0 Å². The topological polar surface area (TPSA) is 135 Å². The van der Waals surface area contributed by atoms with Gasteiger partial charge in [-0.25, -0.2) is 9.59 Å². The average Bonchev–Trinajstić information content (AvgIpc) is 2.67. The van der Waals surface area contributed by atoms with Crippen molar-refractivity contribution in [3.8, 4) is 0 Å². The fourth-order valence-electron chi connectivity index (χ4n) is 3.55. The third-order valence-electron chi connectivity index (χ3n) is 5.01. The summed E-state index contributed by atoms with van der Waals surface area (Å²) >= 11 is 0. The number of primary amides is 1. The van der Waals surface area contributed by atoms with Gasteiger partial charge in [0.1, 0.15) is 0 Å². The predicted molar refractivity (Wildman–Crippen MR) is 104 cm³/mol. The number of amides is 1. The monoisotopic (exact) mass is 439 g/mol. The summed E-state index contributed by atoms with van der Waals surface area (Å²) in [6.07, 6.45) is -5.43. The van der Waals surface area contributed by atoms with E-state index in [0.717, 1.165) is 24.3 Å². The van der Waals surface area contributed by atoms with Crippen molar-refractivity contribution >= 4 is 34.4 Å². The summed E-state index contributed by atoms with van der Waals surface area (Å²) < 4.78 is 39.5. The van der Waals surface area contributed by atoms with Gasteiger partial charge in [0.25, 0.3) is 0 Å². The van der Waals surface area contributed by atoms with Gasteiger partial charge in [-0.15, -0.1) is 0 Å². The first-order valence-corrected chi connectivity index (χ1v) is 9.36. The number of carbonyl (C=O) groups excluding carboxylic acids is 2. The van der Waals surface area contributed by atoms with Crippen molar-refractivity contribution in [2.75, 3.05) is 0 Å². The lowest BCUT2D eigenvalue weighted by molar-refractivity contribution is -0.177. The molecule has 0 aromatic heterocycles. The van der Waals surface area contributed by atoms with Gasteiger partial charge in [0.05, 0.1) is 17.0 Å². The quantitative estimate of drug-likeness (QED) is 0.499. The Morgan fingerprint density at radius 1 is 0.871 bits per heavy atom. The van der Waals surface area contributed by atoms with Crippen LogP contribution in [0.3, 0.4) is 0 Å². The van der Waals surface area contributed by atoms with E-state index < -0.39 is 59.7 Å². The van der Waals surface area contributed by atoms with Crippen molar-refractivity contribution in [1.29, 1.82) is 0 Å². The van der Waals surface area contributed by atoms with Gasteiger partial charge in [-0.3, -0.25) is 9.59 Å². The third kappa shape index (κ3) is 5.01.